The van der Waals surface area contributed by atoms with E-state index in [0.717, 1.165) is 37.6 Å². The summed E-state index contributed by atoms with van der Waals surface area (Å²) in [6.45, 7) is 5.38. The van der Waals surface area contributed by atoms with Crippen LogP contribution in [0.25, 0.3) is 0 Å². The van der Waals surface area contributed by atoms with Gasteiger partial charge in [0.2, 0.25) is 0 Å². The van der Waals surface area contributed by atoms with E-state index in [2.05, 4.69) is 12.2 Å². The number of ether oxygens (including phenoxy) is 1. The van der Waals surface area contributed by atoms with Gasteiger partial charge in [-0.25, -0.2) is 0 Å². The van der Waals surface area contributed by atoms with Gasteiger partial charge >= 0.3 is 0 Å². The molecule has 2 nitrogen and oxygen atoms in total. The zero-order chi connectivity index (χ0) is 13.3. The predicted molar refractivity (Wildman–Crippen MR) is 81.4 cm³/mol. The Morgan fingerprint density at radius 3 is 2.21 bits per heavy atom. The molecule has 2 rings (SSSR count). The Morgan fingerprint density at radius 1 is 0.947 bits per heavy atom. The zero-order valence-electron chi connectivity index (χ0n) is 12.8. The van der Waals surface area contributed by atoms with Crippen LogP contribution >= 0.6 is 0 Å². The average molecular weight is 267 g/mol. The lowest BCUT2D eigenvalue weighted by molar-refractivity contribution is 0.0570. The fourth-order valence-corrected chi connectivity index (χ4v) is 3.94. The van der Waals surface area contributed by atoms with Crippen LogP contribution in [0.5, 0.6) is 0 Å². The largest absolute Gasteiger partial charge is 0.381 e. The number of hydrogen-bond donors (Lipinski definition) is 1. The molecule has 1 N–H and O–H groups in total. The highest BCUT2D eigenvalue weighted by Gasteiger charge is 2.25. The Kier molecular flexibility index (Phi) is 7.23. The van der Waals surface area contributed by atoms with Crippen molar-refractivity contribution >= 4 is 0 Å². The average Bonchev–Trinajstić information content (AvgIpc) is 2.39. The first-order valence-corrected chi connectivity index (χ1v) is 8.71. The van der Waals surface area contributed by atoms with Crippen molar-refractivity contribution in [1.29, 1.82) is 0 Å². The minimum absolute atomic E-state index is 0.770. The molecule has 0 spiro atoms. The fraction of sp³-hybridized carbons (Fsp3) is 1.00. The van der Waals surface area contributed by atoms with Crippen LogP contribution in [-0.2, 0) is 4.74 Å². The van der Waals surface area contributed by atoms with Gasteiger partial charge in [0, 0.05) is 19.3 Å². The summed E-state index contributed by atoms with van der Waals surface area (Å²) in [5.74, 6) is 1.84. The van der Waals surface area contributed by atoms with Gasteiger partial charge in [0.25, 0.3) is 0 Å². The van der Waals surface area contributed by atoms with Crippen LogP contribution in [-0.4, -0.2) is 25.8 Å². The van der Waals surface area contributed by atoms with Crippen molar-refractivity contribution in [3.8, 4) is 0 Å². The normalized spacial score (nSPS) is 25.7. The van der Waals surface area contributed by atoms with Gasteiger partial charge in [0.15, 0.2) is 0 Å². The number of hydrogen-bond acceptors (Lipinski definition) is 2. The van der Waals surface area contributed by atoms with Crippen LogP contribution in [0.1, 0.15) is 71.1 Å². The summed E-state index contributed by atoms with van der Waals surface area (Å²) in [6.07, 6.45) is 14.2. The molecule has 1 atom stereocenters. The van der Waals surface area contributed by atoms with E-state index in [9.17, 15) is 0 Å². The molecule has 0 amide bonds. The van der Waals surface area contributed by atoms with Crippen molar-refractivity contribution in [2.75, 3.05) is 19.8 Å². The lowest BCUT2D eigenvalue weighted by Crippen LogP contribution is -2.39. The maximum Gasteiger partial charge on any atom is 0.0468 e. The highest BCUT2D eigenvalue weighted by Crippen LogP contribution is 2.30. The van der Waals surface area contributed by atoms with Crippen LogP contribution in [0, 0.1) is 11.8 Å². The molecule has 0 radical (unpaired) electrons. The zero-order valence-corrected chi connectivity index (χ0v) is 12.8. The van der Waals surface area contributed by atoms with Crippen molar-refractivity contribution in [1.82, 2.24) is 5.32 Å². The van der Waals surface area contributed by atoms with E-state index in [1.54, 1.807) is 0 Å². The molecule has 2 fully saturated rings. The first-order valence-electron chi connectivity index (χ1n) is 8.71. The molecule has 0 aromatic heterocycles. The lowest BCUT2D eigenvalue weighted by atomic mass is 9.80. The van der Waals surface area contributed by atoms with Crippen molar-refractivity contribution < 1.29 is 4.74 Å². The second-order valence-corrected chi connectivity index (χ2v) is 6.56. The van der Waals surface area contributed by atoms with E-state index >= 15 is 0 Å². The topological polar surface area (TPSA) is 21.3 Å². The summed E-state index contributed by atoms with van der Waals surface area (Å²) in [7, 11) is 0. The maximum atomic E-state index is 5.50. The maximum absolute atomic E-state index is 5.50. The van der Waals surface area contributed by atoms with Crippen LogP contribution in [0.15, 0.2) is 0 Å². The molecule has 1 unspecified atom stereocenters. The van der Waals surface area contributed by atoms with Crippen molar-refractivity contribution in [3.05, 3.63) is 0 Å². The smallest absolute Gasteiger partial charge is 0.0468 e. The molecule has 2 aliphatic rings. The standard InChI is InChI=1S/C17H33NO/c1-2-18-17(14-15-10-12-19-13-11-15)16-8-6-4-3-5-7-9-16/h15-18H,2-14H2,1H3. The minimum Gasteiger partial charge on any atom is -0.381 e. The molecule has 19 heavy (non-hydrogen) atoms. The summed E-state index contributed by atoms with van der Waals surface area (Å²) in [6, 6.07) is 0.770. The second kappa shape index (κ2) is 8.97. The van der Waals surface area contributed by atoms with Gasteiger partial charge in [-0.3, -0.25) is 0 Å². The van der Waals surface area contributed by atoms with Gasteiger partial charge in [0.1, 0.15) is 0 Å². The van der Waals surface area contributed by atoms with E-state index < -0.39 is 0 Å². The molecule has 112 valence electrons. The molecule has 1 aliphatic carbocycles. The Morgan fingerprint density at radius 2 is 1.58 bits per heavy atom. The minimum atomic E-state index is 0.770. The Hall–Kier alpha value is -0.0800. The van der Waals surface area contributed by atoms with Gasteiger partial charge in [-0.2, -0.15) is 0 Å². The summed E-state index contributed by atoms with van der Waals surface area (Å²) < 4.78 is 5.50. The van der Waals surface area contributed by atoms with E-state index in [1.165, 1.54) is 64.2 Å². The van der Waals surface area contributed by atoms with E-state index in [4.69, 9.17) is 4.74 Å². The quantitative estimate of drug-likeness (QED) is 0.808. The van der Waals surface area contributed by atoms with Gasteiger partial charge < -0.3 is 10.1 Å². The Balaban J connectivity index is 1.84. The molecular weight excluding hydrogens is 234 g/mol. The van der Waals surface area contributed by atoms with Gasteiger partial charge in [-0.05, 0) is 50.5 Å². The second-order valence-electron chi connectivity index (χ2n) is 6.56. The molecule has 1 aliphatic heterocycles. The van der Waals surface area contributed by atoms with E-state index in [0.29, 0.717) is 0 Å². The van der Waals surface area contributed by atoms with Crippen LogP contribution in [0.2, 0.25) is 0 Å². The molecule has 0 aromatic carbocycles. The third-order valence-corrected chi connectivity index (χ3v) is 5.11. The number of rotatable bonds is 5. The van der Waals surface area contributed by atoms with Gasteiger partial charge in [-0.15, -0.1) is 0 Å². The van der Waals surface area contributed by atoms with Crippen molar-refractivity contribution in [3.63, 3.8) is 0 Å². The molecule has 0 bridgehead atoms. The SMILES string of the molecule is CCNC(CC1CCOCC1)C1CCCCCCC1. The molecule has 1 saturated carbocycles. The van der Waals surface area contributed by atoms with Crippen LogP contribution in [0.3, 0.4) is 0 Å². The molecule has 2 heteroatoms. The summed E-state index contributed by atoms with van der Waals surface area (Å²) in [4.78, 5) is 0. The van der Waals surface area contributed by atoms with E-state index in [-0.39, 0.29) is 0 Å². The third kappa shape index (κ3) is 5.43. The monoisotopic (exact) mass is 267 g/mol. The molecular formula is C17H33NO. The van der Waals surface area contributed by atoms with Gasteiger partial charge in [0.05, 0.1) is 0 Å². The van der Waals surface area contributed by atoms with Crippen LogP contribution in [0.4, 0.5) is 0 Å². The van der Waals surface area contributed by atoms with Crippen LogP contribution < -0.4 is 5.32 Å². The number of nitrogens with one attached hydrogen (secondary N) is 1. The highest BCUT2D eigenvalue weighted by atomic mass is 16.5. The lowest BCUT2D eigenvalue weighted by Gasteiger charge is -2.33. The summed E-state index contributed by atoms with van der Waals surface area (Å²) in [5, 5.41) is 3.81. The molecule has 1 heterocycles. The third-order valence-electron chi connectivity index (χ3n) is 5.11. The summed E-state index contributed by atoms with van der Waals surface area (Å²) >= 11 is 0. The molecule has 1 saturated heterocycles. The highest BCUT2D eigenvalue weighted by molar-refractivity contribution is 4.81. The predicted octanol–water partition coefficient (Wildman–Crippen LogP) is 4.14. The summed E-state index contributed by atoms with van der Waals surface area (Å²) in [5.41, 5.74) is 0. The first-order chi connectivity index (χ1) is 9.40. The Bertz CT molecular complexity index is 217. The van der Waals surface area contributed by atoms with Crippen molar-refractivity contribution in [2.24, 2.45) is 11.8 Å². The van der Waals surface area contributed by atoms with Crippen molar-refractivity contribution in [2.45, 2.75) is 77.2 Å². The fourth-order valence-electron chi connectivity index (χ4n) is 3.94. The molecule has 0 aromatic rings. The van der Waals surface area contributed by atoms with E-state index in [1.807, 2.05) is 0 Å². The first kappa shape index (κ1) is 15.3. The van der Waals surface area contributed by atoms with Gasteiger partial charge in [-0.1, -0.05) is 39.0 Å². The Labute approximate surface area is 119 Å².